The van der Waals surface area contributed by atoms with Crippen molar-refractivity contribution in [2.45, 2.75) is 19.9 Å². The molecule has 0 aliphatic rings. The summed E-state index contributed by atoms with van der Waals surface area (Å²) in [5.41, 5.74) is 6.25. The molecule has 1 amide bonds. The predicted octanol–water partition coefficient (Wildman–Crippen LogP) is 1.60. The minimum Gasteiger partial charge on any atom is -0.464 e. The monoisotopic (exact) mass is 270 g/mol. The predicted molar refractivity (Wildman–Crippen MR) is 69.4 cm³/mol. The number of hydrogen-bond donors (Lipinski definition) is 2. The highest BCUT2D eigenvalue weighted by Crippen LogP contribution is 2.19. The van der Waals surface area contributed by atoms with Crippen LogP contribution in [0.2, 0.25) is 5.02 Å². The number of nitrogen functional groups attached to an aromatic ring is 1. The van der Waals surface area contributed by atoms with Crippen molar-refractivity contribution in [2.24, 2.45) is 0 Å². The molecule has 98 valence electrons. The number of nitrogens with one attached hydrogen (secondary N) is 1. The van der Waals surface area contributed by atoms with Crippen LogP contribution in [0.4, 0.5) is 5.69 Å². The zero-order valence-electron chi connectivity index (χ0n) is 10.2. The second-order valence-electron chi connectivity index (χ2n) is 3.68. The maximum atomic E-state index is 11.8. The summed E-state index contributed by atoms with van der Waals surface area (Å²) in [5.74, 6) is -0.883. The fraction of sp³-hybridized carbons (Fsp3) is 0.333. The molecule has 0 aromatic heterocycles. The molecule has 1 rings (SSSR count). The molecule has 0 fully saturated rings. The van der Waals surface area contributed by atoms with Gasteiger partial charge in [0.1, 0.15) is 6.04 Å². The number of carbonyl (C=O) groups excluding carboxylic acids is 2. The van der Waals surface area contributed by atoms with E-state index >= 15 is 0 Å². The minimum atomic E-state index is -0.714. The highest BCUT2D eigenvalue weighted by Gasteiger charge is 2.17. The van der Waals surface area contributed by atoms with Crippen LogP contribution in [0.15, 0.2) is 18.2 Å². The van der Waals surface area contributed by atoms with Crippen LogP contribution in [0.1, 0.15) is 24.2 Å². The summed E-state index contributed by atoms with van der Waals surface area (Å²) < 4.78 is 4.78. The van der Waals surface area contributed by atoms with Gasteiger partial charge >= 0.3 is 5.97 Å². The van der Waals surface area contributed by atoms with Crippen LogP contribution >= 0.6 is 11.6 Å². The van der Waals surface area contributed by atoms with E-state index in [1.807, 2.05) is 0 Å². The Morgan fingerprint density at radius 2 is 2.17 bits per heavy atom. The summed E-state index contributed by atoms with van der Waals surface area (Å²) >= 11 is 5.75. The van der Waals surface area contributed by atoms with Crippen molar-refractivity contribution in [1.29, 1.82) is 0 Å². The van der Waals surface area contributed by atoms with E-state index in [9.17, 15) is 9.59 Å². The van der Waals surface area contributed by atoms with Gasteiger partial charge in [0.2, 0.25) is 0 Å². The average Bonchev–Trinajstić information content (AvgIpc) is 2.32. The molecule has 0 bridgehead atoms. The van der Waals surface area contributed by atoms with Gasteiger partial charge < -0.3 is 15.8 Å². The second-order valence-corrected chi connectivity index (χ2v) is 4.09. The van der Waals surface area contributed by atoms with Crippen molar-refractivity contribution in [1.82, 2.24) is 5.32 Å². The van der Waals surface area contributed by atoms with Gasteiger partial charge in [0.15, 0.2) is 0 Å². The van der Waals surface area contributed by atoms with Crippen LogP contribution < -0.4 is 11.1 Å². The normalized spacial score (nSPS) is 11.7. The van der Waals surface area contributed by atoms with E-state index in [4.69, 9.17) is 22.1 Å². The van der Waals surface area contributed by atoms with Crippen molar-refractivity contribution in [3.05, 3.63) is 28.8 Å². The molecule has 0 aliphatic heterocycles. The van der Waals surface area contributed by atoms with Gasteiger partial charge in [-0.25, -0.2) is 4.79 Å². The lowest BCUT2D eigenvalue weighted by atomic mass is 10.2. The Balaban J connectivity index is 2.70. The van der Waals surface area contributed by atoms with Crippen LogP contribution in [0, 0.1) is 0 Å². The first kappa shape index (κ1) is 14.3. The number of amides is 1. The number of halogens is 1. The van der Waals surface area contributed by atoms with Gasteiger partial charge in [0, 0.05) is 5.56 Å². The van der Waals surface area contributed by atoms with Gasteiger partial charge in [-0.1, -0.05) is 11.6 Å². The Kier molecular flexibility index (Phi) is 4.97. The van der Waals surface area contributed by atoms with Crippen LogP contribution in [-0.2, 0) is 9.53 Å². The van der Waals surface area contributed by atoms with E-state index in [1.165, 1.54) is 18.2 Å². The molecule has 18 heavy (non-hydrogen) atoms. The molecule has 5 nitrogen and oxygen atoms in total. The first-order valence-corrected chi connectivity index (χ1v) is 5.86. The summed E-state index contributed by atoms with van der Waals surface area (Å²) in [6, 6.07) is 3.80. The van der Waals surface area contributed by atoms with E-state index < -0.39 is 17.9 Å². The molecule has 0 aliphatic carbocycles. The molecular weight excluding hydrogens is 256 g/mol. The topological polar surface area (TPSA) is 81.4 Å². The molecule has 1 unspecified atom stereocenters. The van der Waals surface area contributed by atoms with E-state index in [-0.39, 0.29) is 6.61 Å². The summed E-state index contributed by atoms with van der Waals surface area (Å²) in [5, 5.41) is 2.89. The maximum Gasteiger partial charge on any atom is 0.328 e. The highest BCUT2D eigenvalue weighted by atomic mass is 35.5. The smallest absolute Gasteiger partial charge is 0.328 e. The van der Waals surface area contributed by atoms with Crippen molar-refractivity contribution in [2.75, 3.05) is 12.3 Å². The van der Waals surface area contributed by atoms with E-state index in [0.29, 0.717) is 16.3 Å². The molecular formula is C12H15ClN2O3. The molecule has 0 spiro atoms. The van der Waals surface area contributed by atoms with E-state index in [2.05, 4.69) is 5.32 Å². The third-order valence-electron chi connectivity index (χ3n) is 2.25. The van der Waals surface area contributed by atoms with Gasteiger partial charge in [-0.05, 0) is 32.0 Å². The van der Waals surface area contributed by atoms with Crippen LogP contribution in [-0.4, -0.2) is 24.5 Å². The van der Waals surface area contributed by atoms with E-state index in [0.717, 1.165) is 0 Å². The van der Waals surface area contributed by atoms with Gasteiger partial charge in [0.05, 0.1) is 17.3 Å². The Morgan fingerprint density at radius 3 is 2.72 bits per heavy atom. The number of rotatable bonds is 4. The lowest BCUT2D eigenvalue weighted by molar-refractivity contribution is -0.144. The SMILES string of the molecule is CCOC(=O)C(C)NC(=O)c1ccc(Cl)c(N)c1. The standard InChI is InChI=1S/C12H15ClN2O3/c1-3-18-12(17)7(2)15-11(16)8-4-5-9(13)10(14)6-8/h4-7H,3,14H2,1-2H3,(H,15,16). The van der Waals surface area contributed by atoms with Crippen LogP contribution in [0.25, 0.3) is 0 Å². The number of ether oxygens (including phenoxy) is 1. The molecule has 0 radical (unpaired) electrons. The highest BCUT2D eigenvalue weighted by molar-refractivity contribution is 6.33. The minimum absolute atomic E-state index is 0.271. The number of anilines is 1. The quantitative estimate of drug-likeness (QED) is 0.643. The first-order valence-electron chi connectivity index (χ1n) is 5.48. The molecule has 0 saturated carbocycles. The van der Waals surface area contributed by atoms with Crippen molar-refractivity contribution in [3.8, 4) is 0 Å². The third kappa shape index (κ3) is 3.63. The molecule has 1 aromatic carbocycles. The zero-order valence-corrected chi connectivity index (χ0v) is 11.0. The average molecular weight is 271 g/mol. The fourth-order valence-electron chi connectivity index (χ4n) is 1.29. The number of carbonyl (C=O) groups is 2. The van der Waals surface area contributed by atoms with Gasteiger partial charge in [-0.2, -0.15) is 0 Å². The molecule has 1 aromatic rings. The molecule has 1 atom stereocenters. The summed E-state index contributed by atoms with van der Waals surface area (Å²) in [4.78, 5) is 23.2. The number of hydrogen-bond acceptors (Lipinski definition) is 4. The Morgan fingerprint density at radius 1 is 1.50 bits per heavy atom. The summed E-state index contributed by atoms with van der Waals surface area (Å²) in [6.45, 7) is 3.52. The first-order chi connectivity index (χ1) is 8.45. The number of benzene rings is 1. The molecule has 0 heterocycles. The lowest BCUT2D eigenvalue weighted by Crippen LogP contribution is -2.39. The van der Waals surface area contributed by atoms with Gasteiger partial charge in [-0.15, -0.1) is 0 Å². The molecule has 6 heteroatoms. The second kappa shape index (κ2) is 6.26. The molecule has 3 N–H and O–H groups in total. The number of esters is 1. The van der Waals surface area contributed by atoms with Crippen molar-refractivity contribution >= 4 is 29.2 Å². The van der Waals surface area contributed by atoms with Gasteiger partial charge in [0.25, 0.3) is 5.91 Å². The van der Waals surface area contributed by atoms with Crippen molar-refractivity contribution < 1.29 is 14.3 Å². The Labute approximate surface area is 110 Å². The summed E-state index contributed by atoms with van der Waals surface area (Å²) in [6.07, 6.45) is 0. The van der Waals surface area contributed by atoms with Crippen LogP contribution in [0.5, 0.6) is 0 Å². The number of nitrogens with two attached hydrogens (primary N) is 1. The van der Waals surface area contributed by atoms with Crippen LogP contribution in [0.3, 0.4) is 0 Å². The Hall–Kier alpha value is -1.75. The Bertz CT molecular complexity index is 463. The fourth-order valence-corrected chi connectivity index (χ4v) is 1.41. The van der Waals surface area contributed by atoms with E-state index in [1.54, 1.807) is 13.8 Å². The maximum absolute atomic E-state index is 11.8. The summed E-state index contributed by atoms with van der Waals surface area (Å²) in [7, 11) is 0. The lowest BCUT2D eigenvalue weighted by Gasteiger charge is -2.12. The molecule has 0 saturated heterocycles. The van der Waals surface area contributed by atoms with Crippen molar-refractivity contribution in [3.63, 3.8) is 0 Å². The third-order valence-corrected chi connectivity index (χ3v) is 2.59. The zero-order chi connectivity index (χ0) is 13.7. The van der Waals surface area contributed by atoms with Gasteiger partial charge in [-0.3, -0.25) is 4.79 Å². The largest absolute Gasteiger partial charge is 0.464 e.